The van der Waals surface area contributed by atoms with Gasteiger partial charge in [0, 0.05) is 44.0 Å². The summed E-state index contributed by atoms with van der Waals surface area (Å²) in [7, 11) is 0. The van der Waals surface area contributed by atoms with Gasteiger partial charge in [0.05, 0.1) is 0 Å². The monoisotopic (exact) mass is 352 g/mol. The van der Waals surface area contributed by atoms with Crippen molar-refractivity contribution in [3.05, 3.63) is 59.9 Å². The van der Waals surface area contributed by atoms with Crippen LogP contribution in [0.2, 0.25) is 0 Å². The van der Waals surface area contributed by atoms with E-state index in [4.69, 9.17) is 5.73 Å². The normalized spacial score (nSPS) is 17.9. The number of pyridine rings is 1. The molecule has 26 heavy (non-hydrogen) atoms. The minimum Gasteiger partial charge on any atom is -0.399 e. The molecule has 0 bridgehead atoms. The molecule has 1 aliphatic rings. The number of benzene rings is 1. The lowest BCUT2D eigenvalue weighted by molar-refractivity contribution is -0.133. The molecule has 1 aliphatic heterocycles. The number of carbonyl (C=O) groups excluding carboxylic acids is 2. The van der Waals surface area contributed by atoms with Crippen molar-refractivity contribution in [2.45, 2.75) is 32.4 Å². The fraction of sp³-hybridized carbons (Fsp3) is 0.350. The first kappa shape index (κ1) is 17.9. The number of hydrogen-bond donors (Lipinski definition) is 1. The van der Waals surface area contributed by atoms with Gasteiger partial charge in [0.2, 0.25) is 5.91 Å². The van der Waals surface area contributed by atoms with E-state index in [-0.39, 0.29) is 17.9 Å². The molecule has 0 spiro atoms. The van der Waals surface area contributed by atoms with Crippen LogP contribution in [0.15, 0.2) is 48.7 Å². The topological polar surface area (TPSA) is 79.5 Å². The highest BCUT2D eigenvalue weighted by molar-refractivity contribution is 5.93. The van der Waals surface area contributed by atoms with Gasteiger partial charge in [-0.1, -0.05) is 37.3 Å². The number of aromatic nitrogens is 1. The van der Waals surface area contributed by atoms with Gasteiger partial charge in [-0.2, -0.15) is 0 Å². The number of nitrogen functional groups attached to an aromatic ring is 1. The molecule has 0 aliphatic carbocycles. The second-order valence-electron chi connectivity index (χ2n) is 6.54. The zero-order valence-corrected chi connectivity index (χ0v) is 15.0. The van der Waals surface area contributed by atoms with Crippen LogP contribution in [-0.2, 0) is 11.3 Å². The average molecular weight is 352 g/mol. The first-order valence-corrected chi connectivity index (χ1v) is 8.92. The maximum absolute atomic E-state index is 12.8. The number of nitrogens with zero attached hydrogens (tertiary/aromatic N) is 3. The van der Waals surface area contributed by atoms with Crippen molar-refractivity contribution in [3.8, 4) is 0 Å². The van der Waals surface area contributed by atoms with E-state index in [2.05, 4.69) is 4.98 Å². The lowest BCUT2D eigenvalue weighted by Gasteiger charge is -2.31. The van der Waals surface area contributed by atoms with E-state index in [1.807, 2.05) is 42.2 Å². The third-order valence-corrected chi connectivity index (χ3v) is 4.75. The van der Waals surface area contributed by atoms with Crippen molar-refractivity contribution in [1.82, 2.24) is 14.8 Å². The Labute approximate surface area is 153 Å². The number of anilines is 1. The lowest BCUT2D eigenvalue weighted by atomic mass is 10.1. The Kier molecular flexibility index (Phi) is 5.51. The highest BCUT2D eigenvalue weighted by Gasteiger charge is 2.31. The predicted octanol–water partition coefficient (Wildman–Crippen LogP) is 2.32. The molecule has 2 amide bonds. The Morgan fingerprint density at radius 3 is 2.73 bits per heavy atom. The number of carbonyl (C=O) groups is 2. The highest BCUT2D eigenvalue weighted by Crippen LogP contribution is 2.19. The van der Waals surface area contributed by atoms with Gasteiger partial charge < -0.3 is 15.5 Å². The largest absolute Gasteiger partial charge is 0.399 e. The Balaban J connectivity index is 1.78. The summed E-state index contributed by atoms with van der Waals surface area (Å²) in [5.41, 5.74) is 7.69. The van der Waals surface area contributed by atoms with Crippen molar-refractivity contribution in [2.24, 2.45) is 0 Å². The van der Waals surface area contributed by atoms with Gasteiger partial charge in [-0.05, 0) is 24.1 Å². The summed E-state index contributed by atoms with van der Waals surface area (Å²) in [5, 5.41) is 0. The zero-order valence-electron chi connectivity index (χ0n) is 15.0. The predicted molar refractivity (Wildman–Crippen MR) is 100 cm³/mol. The van der Waals surface area contributed by atoms with E-state index in [1.54, 1.807) is 17.0 Å². The van der Waals surface area contributed by atoms with Crippen molar-refractivity contribution >= 4 is 17.5 Å². The molecule has 2 N–H and O–H groups in total. The minimum absolute atomic E-state index is 0.0183. The van der Waals surface area contributed by atoms with Gasteiger partial charge in [0.1, 0.15) is 5.69 Å². The van der Waals surface area contributed by atoms with Crippen LogP contribution in [0, 0.1) is 0 Å². The summed E-state index contributed by atoms with van der Waals surface area (Å²) in [6, 6.07) is 13.2. The molecule has 6 heteroatoms. The second kappa shape index (κ2) is 7.99. The quantitative estimate of drug-likeness (QED) is 0.916. The maximum atomic E-state index is 12.8. The molecule has 0 saturated carbocycles. The molecular weight excluding hydrogens is 328 g/mol. The van der Waals surface area contributed by atoms with Crippen LogP contribution < -0.4 is 5.73 Å². The van der Waals surface area contributed by atoms with Crippen LogP contribution in [0.5, 0.6) is 0 Å². The van der Waals surface area contributed by atoms with Gasteiger partial charge >= 0.3 is 0 Å². The summed E-state index contributed by atoms with van der Waals surface area (Å²) in [6.45, 7) is 3.51. The van der Waals surface area contributed by atoms with Crippen molar-refractivity contribution in [2.75, 3.05) is 18.8 Å². The summed E-state index contributed by atoms with van der Waals surface area (Å²) in [4.78, 5) is 33.3. The lowest BCUT2D eigenvalue weighted by Crippen LogP contribution is -2.43. The molecule has 2 heterocycles. The van der Waals surface area contributed by atoms with Gasteiger partial charge in [-0.25, -0.2) is 0 Å². The fourth-order valence-corrected chi connectivity index (χ4v) is 3.28. The standard InChI is InChI=1S/C20H24N4O2/c1-2-17-14-23(20(26)18-12-16(21)8-10-22-18)11-9-19(25)24(17)13-15-6-4-3-5-7-15/h3-8,10,12,17H,2,9,11,13-14H2,1H3,(H2,21,22)/t17-/m1/s1. The van der Waals surface area contributed by atoms with Crippen LogP contribution in [0.25, 0.3) is 0 Å². The summed E-state index contributed by atoms with van der Waals surface area (Å²) >= 11 is 0. The van der Waals surface area contributed by atoms with Crippen LogP contribution in [0.4, 0.5) is 5.69 Å². The van der Waals surface area contributed by atoms with Crippen LogP contribution in [0.3, 0.4) is 0 Å². The Hall–Kier alpha value is -2.89. The Morgan fingerprint density at radius 1 is 1.27 bits per heavy atom. The Bertz CT molecular complexity index is 778. The summed E-state index contributed by atoms with van der Waals surface area (Å²) in [6.07, 6.45) is 2.63. The third-order valence-electron chi connectivity index (χ3n) is 4.75. The first-order chi connectivity index (χ1) is 12.6. The van der Waals surface area contributed by atoms with E-state index < -0.39 is 0 Å². The molecule has 6 nitrogen and oxygen atoms in total. The number of nitrogens with two attached hydrogens (primary N) is 1. The number of hydrogen-bond acceptors (Lipinski definition) is 4. The van der Waals surface area contributed by atoms with E-state index in [0.717, 1.165) is 12.0 Å². The number of amides is 2. The number of rotatable bonds is 4. The molecule has 0 radical (unpaired) electrons. The van der Waals surface area contributed by atoms with Gasteiger partial charge in [-0.3, -0.25) is 14.6 Å². The minimum atomic E-state index is -0.176. The van der Waals surface area contributed by atoms with E-state index in [1.165, 1.54) is 6.20 Å². The molecule has 1 atom stereocenters. The average Bonchev–Trinajstić information content (AvgIpc) is 2.81. The van der Waals surface area contributed by atoms with Crippen molar-refractivity contribution < 1.29 is 9.59 Å². The van der Waals surface area contributed by atoms with Gasteiger partial charge in [0.25, 0.3) is 5.91 Å². The fourth-order valence-electron chi connectivity index (χ4n) is 3.28. The van der Waals surface area contributed by atoms with E-state index in [9.17, 15) is 9.59 Å². The summed E-state index contributed by atoms with van der Waals surface area (Å²) in [5.74, 6) is -0.0957. The summed E-state index contributed by atoms with van der Waals surface area (Å²) < 4.78 is 0. The van der Waals surface area contributed by atoms with E-state index in [0.29, 0.717) is 37.4 Å². The zero-order chi connectivity index (χ0) is 18.5. The Morgan fingerprint density at radius 2 is 2.04 bits per heavy atom. The maximum Gasteiger partial charge on any atom is 0.272 e. The molecule has 1 fully saturated rings. The van der Waals surface area contributed by atoms with Crippen molar-refractivity contribution in [3.63, 3.8) is 0 Å². The molecule has 1 aromatic heterocycles. The molecule has 0 unspecified atom stereocenters. The third kappa shape index (κ3) is 4.02. The molecule has 2 aromatic rings. The molecule has 3 rings (SSSR count). The molecular formula is C20H24N4O2. The van der Waals surface area contributed by atoms with E-state index >= 15 is 0 Å². The van der Waals surface area contributed by atoms with Crippen molar-refractivity contribution in [1.29, 1.82) is 0 Å². The van der Waals surface area contributed by atoms with Crippen LogP contribution in [0.1, 0.15) is 35.8 Å². The smallest absolute Gasteiger partial charge is 0.272 e. The first-order valence-electron chi connectivity index (χ1n) is 8.92. The molecule has 136 valence electrons. The SMILES string of the molecule is CC[C@@H]1CN(C(=O)c2cc(N)ccn2)CCC(=O)N1Cc1ccccc1. The van der Waals surface area contributed by atoms with Gasteiger partial charge in [-0.15, -0.1) is 0 Å². The van der Waals surface area contributed by atoms with Crippen LogP contribution in [-0.4, -0.2) is 45.7 Å². The second-order valence-corrected chi connectivity index (χ2v) is 6.54. The van der Waals surface area contributed by atoms with Crippen LogP contribution >= 0.6 is 0 Å². The van der Waals surface area contributed by atoms with Gasteiger partial charge in [0.15, 0.2) is 0 Å². The highest BCUT2D eigenvalue weighted by atomic mass is 16.2. The molecule has 1 saturated heterocycles. The molecule has 1 aromatic carbocycles.